The molecule has 4 atom stereocenters. The number of hydrogen-bond donors (Lipinski definition) is 1. The van der Waals surface area contributed by atoms with Gasteiger partial charge in [0.05, 0.1) is 5.60 Å². The number of fused-ring (bicyclic) bond motifs is 2. The van der Waals surface area contributed by atoms with E-state index in [0.717, 1.165) is 18.8 Å². The summed E-state index contributed by atoms with van der Waals surface area (Å²) in [5.74, 6) is 1.87. The molecule has 1 nitrogen and oxygen atoms in total. The van der Waals surface area contributed by atoms with Crippen LogP contribution in [0.15, 0.2) is 24.3 Å². The van der Waals surface area contributed by atoms with E-state index < -0.39 is 5.60 Å². The second-order valence-electron chi connectivity index (χ2n) is 6.44. The minimum absolute atomic E-state index is 0.509. The maximum absolute atomic E-state index is 11.0. The normalized spacial score (nSPS) is 35.9. The maximum atomic E-state index is 11.0. The van der Waals surface area contributed by atoms with Crippen molar-refractivity contribution in [3.63, 3.8) is 0 Å². The third kappa shape index (κ3) is 1.80. The fourth-order valence-electron chi connectivity index (χ4n) is 4.00. The molecular formula is C17H24O. The van der Waals surface area contributed by atoms with E-state index in [4.69, 9.17) is 0 Å². The van der Waals surface area contributed by atoms with Crippen molar-refractivity contribution in [3.05, 3.63) is 35.4 Å². The van der Waals surface area contributed by atoms with Gasteiger partial charge in [0.15, 0.2) is 0 Å². The molecule has 1 aromatic rings. The Hall–Kier alpha value is -0.820. The molecule has 4 unspecified atom stereocenters. The molecular weight excluding hydrogens is 220 g/mol. The van der Waals surface area contributed by atoms with Crippen LogP contribution >= 0.6 is 0 Å². The zero-order valence-electron chi connectivity index (χ0n) is 11.5. The van der Waals surface area contributed by atoms with E-state index in [1.165, 1.54) is 30.4 Å². The van der Waals surface area contributed by atoms with Gasteiger partial charge in [-0.05, 0) is 61.0 Å². The molecule has 0 spiro atoms. The van der Waals surface area contributed by atoms with Gasteiger partial charge in [-0.25, -0.2) is 0 Å². The van der Waals surface area contributed by atoms with Crippen LogP contribution in [0.3, 0.4) is 0 Å². The molecule has 2 fully saturated rings. The smallest absolute Gasteiger partial charge is 0.0927 e. The molecule has 2 aliphatic carbocycles. The summed E-state index contributed by atoms with van der Waals surface area (Å²) in [6.45, 7) is 4.49. The monoisotopic (exact) mass is 244 g/mol. The van der Waals surface area contributed by atoms with Crippen LogP contribution in [-0.2, 0) is 5.60 Å². The molecule has 3 rings (SSSR count). The summed E-state index contributed by atoms with van der Waals surface area (Å²) in [7, 11) is 0. The average Bonchev–Trinajstić information content (AvgIpc) is 2.98. The number of aliphatic hydroxyl groups is 1. The molecule has 0 amide bonds. The quantitative estimate of drug-likeness (QED) is 0.844. The lowest BCUT2D eigenvalue weighted by molar-refractivity contribution is -0.0183. The van der Waals surface area contributed by atoms with Crippen molar-refractivity contribution in [2.24, 2.45) is 11.8 Å². The first-order valence-corrected chi connectivity index (χ1v) is 7.46. The lowest BCUT2D eigenvalue weighted by atomic mass is 9.78. The Bertz CT molecular complexity index is 439. The average molecular weight is 244 g/mol. The molecule has 0 aromatic heterocycles. The van der Waals surface area contributed by atoms with Crippen molar-refractivity contribution in [1.82, 2.24) is 0 Å². The fraction of sp³-hybridized carbons (Fsp3) is 0.647. The predicted octanol–water partition coefficient (Wildman–Crippen LogP) is 4.21. The van der Waals surface area contributed by atoms with Crippen LogP contribution in [0.25, 0.3) is 0 Å². The molecule has 18 heavy (non-hydrogen) atoms. The van der Waals surface area contributed by atoms with Gasteiger partial charge in [-0.2, -0.15) is 0 Å². The van der Waals surface area contributed by atoms with Crippen LogP contribution in [0.4, 0.5) is 0 Å². The van der Waals surface area contributed by atoms with Crippen molar-refractivity contribution in [1.29, 1.82) is 0 Å². The summed E-state index contributed by atoms with van der Waals surface area (Å²) in [6, 6.07) is 8.72. The molecule has 0 saturated heterocycles. The Labute approximate surface area is 110 Å². The van der Waals surface area contributed by atoms with Gasteiger partial charge in [-0.1, -0.05) is 38.1 Å². The summed E-state index contributed by atoms with van der Waals surface area (Å²) in [5, 5.41) is 11.0. The van der Waals surface area contributed by atoms with Crippen LogP contribution in [0, 0.1) is 11.8 Å². The van der Waals surface area contributed by atoms with Gasteiger partial charge in [-0.15, -0.1) is 0 Å². The minimum atomic E-state index is -0.521. The molecule has 1 heteroatoms. The van der Waals surface area contributed by atoms with E-state index in [2.05, 4.69) is 38.1 Å². The Morgan fingerprint density at radius 3 is 2.83 bits per heavy atom. The Morgan fingerprint density at radius 2 is 2.22 bits per heavy atom. The van der Waals surface area contributed by atoms with Gasteiger partial charge >= 0.3 is 0 Å². The molecule has 0 heterocycles. The molecule has 1 aromatic carbocycles. The third-order valence-electron chi connectivity index (χ3n) is 5.38. The van der Waals surface area contributed by atoms with Crippen molar-refractivity contribution in [2.45, 2.75) is 57.5 Å². The SMILES string of the molecule is CCC(C)c1cccc(C2(O)CC3CCC2C3)c1. The Kier molecular flexibility index (Phi) is 2.97. The van der Waals surface area contributed by atoms with Crippen LogP contribution in [0.1, 0.15) is 63.0 Å². The van der Waals surface area contributed by atoms with E-state index in [1.807, 2.05) is 0 Å². The standard InChI is InChI=1S/C17H24O/c1-3-12(2)14-5-4-6-15(10-14)17(18)11-13-7-8-16(17)9-13/h4-6,10,12-13,16,18H,3,7-9,11H2,1-2H3. The third-order valence-corrected chi connectivity index (χ3v) is 5.38. The lowest BCUT2D eigenvalue weighted by Crippen LogP contribution is -2.32. The van der Waals surface area contributed by atoms with E-state index >= 15 is 0 Å². The van der Waals surface area contributed by atoms with E-state index in [-0.39, 0.29) is 0 Å². The molecule has 2 aliphatic rings. The second kappa shape index (κ2) is 4.38. The van der Waals surface area contributed by atoms with Gasteiger partial charge in [-0.3, -0.25) is 0 Å². The van der Waals surface area contributed by atoms with Crippen LogP contribution in [-0.4, -0.2) is 5.11 Å². The summed E-state index contributed by atoms with van der Waals surface area (Å²) in [5.41, 5.74) is 2.03. The summed E-state index contributed by atoms with van der Waals surface area (Å²) in [6.07, 6.45) is 5.94. The molecule has 98 valence electrons. The molecule has 0 aliphatic heterocycles. The van der Waals surface area contributed by atoms with E-state index in [0.29, 0.717) is 11.8 Å². The Morgan fingerprint density at radius 1 is 1.39 bits per heavy atom. The summed E-state index contributed by atoms with van der Waals surface area (Å²) < 4.78 is 0. The highest BCUT2D eigenvalue weighted by Gasteiger charge is 2.50. The van der Waals surface area contributed by atoms with Gasteiger partial charge in [0.2, 0.25) is 0 Å². The van der Waals surface area contributed by atoms with Crippen LogP contribution in [0.2, 0.25) is 0 Å². The first kappa shape index (κ1) is 12.2. The molecule has 1 N–H and O–H groups in total. The topological polar surface area (TPSA) is 20.2 Å². The number of hydrogen-bond acceptors (Lipinski definition) is 1. The van der Waals surface area contributed by atoms with Crippen LogP contribution in [0.5, 0.6) is 0 Å². The molecule has 0 radical (unpaired) electrons. The lowest BCUT2D eigenvalue weighted by Gasteiger charge is -2.33. The van der Waals surface area contributed by atoms with E-state index in [1.54, 1.807) is 0 Å². The summed E-state index contributed by atoms with van der Waals surface area (Å²) in [4.78, 5) is 0. The molecule has 2 saturated carbocycles. The van der Waals surface area contributed by atoms with Gasteiger partial charge < -0.3 is 5.11 Å². The van der Waals surface area contributed by atoms with Gasteiger partial charge in [0.25, 0.3) is 0 Å². The highest BCUT2D eigenvalue weighted by Crippen LogP contribution is 2.55. The highest BCUT2D eigenvalue weighted by molar-refractivity contribution is 5.32. The molecule has 2 bridgehead atoms. The first-order chi connectivity index (χ1) is 8.63. The van der Waals surface area contributed by atoms with Gasteiger partial charge in [0.1, 0.15) is 0 Å². The van der Waals surface area contributed by atoms with Crippen molar-refractivity contribution >= 4 is 0 Å². The zero-order valence-corrected chi connectivity index (χ0v) is 11.5. The first-order valence-electron chi connectivity index (χ1n) is 7.46. The summed E-state index contributed by atoms with van der Waals surface area (Å²) >= 11 is 0. The van der Waals surface area contributed by atoms with E-state index in [9.17, 15) is 5.11 Å². The van der Waals surface area contributed by atoms with Crippen molar-refractivity contribution < 1.29 is 5.11 Å². The van der Waals surface area contributed by atoms with Crippen molar-refractivity contribution in [2.75, 3.05) is 0 Å². The van der Waals surface area contributed by atoms with Crippen molar-refractivity contribution in [3.8, 4) is 0 Å². The van der Waals surface area contributed by atoms with Crippen LogP contribution < -0.4 is 0 Å². The maximum Gasteiger partial charge on any atom is 0.0927 e. The largest absolute Gasteiger partial charge is 0.385 e. The minimum Gasteiger partial charge on any atom is -0.385 e. The zero-order chi connectivity index (χ0) is 12.8. The van der Waals surface area contributed by atoms with Gasteiger partial charge in [0, 0.05) is 0 Å². The predicted molar refractivity (Wildman–Crippen MR) is 74.5 cm³/mol. The fourth-order valence-corrected chi connectivity index (χ4v) is 4.00. The number of rotatable bonds is 3. The second-order valence-corrected chi connectivity index (χ2v) is 6.44. The highest BCUT2D eigenvalue weighted by atomic mass is 16.3. The Balaban J connectivity index is 1.92. The number of benzene rings is 1.